The first-order valence-electron chi connectivity index (χ1n) is 13.9. The minimum absolute atomic E-state index is 0.0148. The summed E-state index contributed by atoms with van der Waals surface area (Å²) in [4.78, 5) is 33.5. The number of aromatic nitrogens is 1. The van der Waals surface area contributed by atoms with E-state index < -0.39 is 17.7 Å². The molecule has 0 bridgehead atoms. The van der Waals surface area contributed by atoms with Crippen LogP contribution in [0.15, 0.2) is 60.2 Å². The summed E-state index contributed by atoms with van der Waals surface area (Å²) in [6.45, 7) is 6.75. The van der Waals surface area contributed by atoms with Crippen molar-refractivity contribution in [2.24, 2.45) is 0 Å². The Labute approximate surface area is 252 Å². The molecule has 1 amide bonds. The van der Waals surface area contributed by atoms with Crippen LogP contribution in [0.25, 0.3) is 16.0 Å². The molecule has 2 aliphatic rings. The minimum atomic E-state index is -0.969. The molecule has 1 aromatic heterocycles. The van der Waals surface area contributed by atoms with E-state index in [1.807, 2.05) is 26.8 Å². The highest BCUT2D eigenvalue weighted by Crippen LogP contribution is 2.46. The highest BCUT2D eigenvalue weighted by molar-refractivity contribution is 7.22. The average Bonchev–Trinajstić information content (AvgIpc) is 3.63. The molecule has 1 N–H and O–H groups in total. The Morgan fingerprint density at radius 3 is 2.71 bits per heavy atom. The lowest BCUT2D eigenvalue weighted by atomic mass is 9.94. The third-order valence-corrected chi connectivity index (χ3v) is 8.46. The molecule has 4 aromatic rings. The van der Waals surface area contributed by atoms with Gasteiger partial charge in [0.2, 0.25) is 0 Å². The van der Waals surface area contributed by atoms with Crippen LogP contribution in [-0.4, -0.2) is 41.1 Å². The van der Waals surface area contributed by atoms with Crippen molar-refractivity contribution in [1.82, 2.24) is 4.98 Å². The largest absolute Gasteiger partial charge is 0.507 e. The van der Waals surface area contributed by atoms with Crippen LogP contribution in [0.1, 0.15) is 49.9 Å². The molecular weight excluding hydrogens is 576 g/mol. The number of anilines is 1. The zero-order valence-corrected chi connectivity index (χ0v) is 24.9. The van der Waals surface area contributed by atoms with Gasteiger partial charge in [0.05, 0.1) is 35.0 Å². The molecule has 6 rings (SSSR count). The number of nitrogens with zero attached hydrogens (tertiary/aromatic N) is 2. The summed E-state index contributed by atoms with van der Waals surface area (Å²) in [7, 11) is 0. The second kappa shape index (κ2) is 11.3. The molecule has 0 radical (unpaired) electrons. The average molecular weight is 605 g/mol. The van der Waals surface area contributed by atoms with Crippen molar-refractivity contribution in [2.75, 3.05) is 18.1 Å². The summed E-state index contributed by atoms with van der Waals surface area (Å²) in [6.07, 6.45) is 1.51. The van der Waals surface area contributed by atoms with Crippen molar-refractivity contribution in [3.63, 3.8) is 0 Å². The van der Waals surface area contributed by atoms with Gasteiger partial charge in [0.15, 0.2) is 16.6 Å². The first-order chi connectivity index (χ1) is 20.3. The number of hydrogen-bond acceptors (Lipinski definition) is 8. The van der Waals surface area contributed by atoms with E-state index in [0.717, 1.165) is 22.4 Å². The molecule has 3 aromatic carbocycles. The van der Waals surface area contributed by atoms with Crippen LogP contribution in [0, 0.1) is 0 Å². The molecule has 2 aliphatic heterocycles. The van der Waals surface area contributed by atoms with E-state index in [2.05, 4.69) is 4.98 Å². The van der Waals surface area contributed by atoms with E-state index in [1.54, 1.807) is 48.5 Å². The third kappa shape index (κ3) is 4.97. The van der Waals surface area contributed by atoms with Crippen molar-refractivity contribution in [2.45, 2.75) is 45.8 Å². The summed E-state index contributed by atoms with van der Waals surface area (Å²) < 4.78 is 18.4. The molecule has 1 saturated heterocycles. The van der Waals surface area contributed by atoms with Crippen LogP contribution in [0.4, 0.5) is 5.13 Å². The normalized spacial score (nSPS) is 19.3. The molecule has 3 heterocycles. The number of Topliss-reactive ketones (excluding diaryl/α,β-unsaturated/α-hetero) is 1. The summed E-state index contributed by atoms with van der Waals surface area (Å²) in [5.41, 5.74) is 2.54. The highest BCUT2D eigenvalue weighted by atomic mass is 35.5. The van der Waals surface area contributed by atoms with Gasteiger partial charge in [-0.3, -0.25) is 14.5 Å². The van der Waals surface area contributed by atoms with Crippen molar-refractivity contribution in [3.05, 3.63) is 81.9 Å². The number of ketones is 1. The monoisotopic (exact) mass is 604 g/mol. The van der Waals surface area contributed by atoms with E-state index in [9.17, 15) is 14.7 Å². The van der Waals surface area contributed by atoms with E-state index >= 15 is 0 Å². The maximum absolute atomic E-state index is 13.7. The van der Waals surface area contributed by atoms with Crippen LogP contribution in [-0.2, 0) is 16.0 Å². The van der Waals surface area contributed by atoms with Crippen molar-refractivity contribution >= 4 is 55.7 Å². The van der Waals surface area contributed by atoms with E-state index in [0.29, 0.717) is 57.9 Å². The lowest BCUT2D eigenvalue weighted by Crippen LogP contribution is -2.29. The smallest absolute Gasteiger partial charge is 0.301 e. The van der Waals surface area contributed by atoms with Crippen molar-refractivity contribution < 1.29 is 28.9 Å². The summed E-state index contributed by atoms with van der Waals surface area (Å²) in [6, 6.07) is 14.9. The number of carbonyl (C=O) groups is 2. The van der Waals surface area contributed by atoms with Gasteiger partial charge < -0.3 is 19.3 Å². The maximum atomic E-state index is 13.7. The Hall–Kier alpha value is -4.08. The summed E-state index contributed by atoms with van der Waals surface area (Å²) in [5.74, 6) is -0.0707. The topological polar surface area (TPSA) is 98.2 Å². The number of amides is 1. The molecule has 42 heavy (non-hydrogen) atoms. The van der Waals surface area contributed by atoms with Crippen LogP contribution in [0.5, 0.6) is 17.2 Å². The number of fused-ring (bicyclic) bond motifs is 2. The number of ether oxygens (including phenoxy) is 3. The summed E-state index contributed by atoms with van der Waals surface area (Å²) >= 11 is 7.46. The second-order valence-electron chi connectivity index (χ2n) is 10.2. The maximum Gasteiger partial charge on any atom is 0.301 e. The van der Waals surface area contributed by atoms with E-state index in [-0.39, 0.29) is 17.4 Å². The van der Waals surface area contributed by atoms with Gasteiger partial charge in [0.25, 0.3) is 5.78 Å². The number of hydrogen-bond donors (Lipinski definition) is 1. The molecule has 8 nitrogen and oxygen atoms in total. The molecule has 1 fully saturated rings. The quantitative estimate of drug-likeness (QED) is 0.130. The zero-order valence-electron chi connectivity index (χ0n) is 23.3. The molecule has 216 valence electrons. The minimum Gasteiger partial charge on any atom is -0.507 e. The Morgan fingerprint density at radius 2 is 1.93 bits per heavy atom. The number of carbonyl (C=O) groups excluding carboxylic acids is 2. The van der Waals surface area contributed by atoms with Gasteiger partial charge in [-0.15, -0.1) is 0 Å². The first-order valence-corrected chi connectivity index (χ1v) is 15.0. The fraction of sp³-hybridized carbons (Fsp3) is 0.281. The number of halogens is 1. The Bertz CT molecular complexity index is 1750. The number of rotatable bonds is 8. The fourth-order valence-corrected chi connectivity index (χ4v) is 6.62. The second-order valence-corrected chi connectivity index (χ2v) is 11.7. The van der Waals surface area contributed by atoms with Crippen LogP contribution < -0.4 is 19.1 Å². The molecule has 2 atom stereocenters. The zero-order chi connectivity index (χ0) is 29.5. The van der Waals surface area contributed by atoms with Gasteiger partial charge in [-0.05, 0) is 79.9 Å². The number of benzene rings is 3. The highest BCUT2D eigenvalue weighted by Gasteiger charge is 2.48. The third-order valence-electron chi connectivity index (χ3n) is 7.20. The van der Waals surface area contributed by atoms with Crippen molar-refractivity contribution in [3.8, 4) is 17.2 Å². The lowest BCUT2D eigenvalue weighted by Gasteiger charge is -2.24. The molecule has 0 saturated carbocycles. The molecule has 0 unspecified atom stereocenters. The van der Waals surface area contributed by atoms with Gasteiger partial charge in [0.1, 0.15) is 17.6 Å². The van der Waals surface area contributed by atoms with Crippen LogP contribution in [0.3, 0.4) is 0 Å². The lowest BCUT2D eigenvalue weighted by molar-refractivity contribution is -0.132. The summed E-state index contributed by atoms with van der Waals surface area (Å²) in [5, 5.41) is 12.5. The van der Waals surface area contributed by atoms with Crippen molar-refractivity contribution in [1.29, 1.82) is 0 Å². The van der Waals surface area contributed by atoms with Gasteiger partial charge in [-0.25, -0.2) is 4.98 Å². The fourth-order valence-electron chi connectivity index (χ4n) is 5.35. The predicted octanol–water partition coefficient (Wildman–Crippen LogP) is 7.09. The Morgan fingerprint density at radius 1 is 1.10 bits per heavy atom. The molecule has 10 heteroatoms. The first kappa shape index (κ1) is 28.1. The standard InChI is InChI=1S/C32H29ClN2O6S/c1-4-12-40-24-11-6-18(15-25(24)39-5-2)28-27(29(36)19-7-10-23-20(14-19)13-17(3)41-23)30(37)31(38)35(28)32-34-22-9-8-21(33)16-26(22)42-32/h6-11,14-17,28,36H,4-5,12-13H2,1-3H3/t17-,28-/m0/s1. The SMILES string of the molecule is CCCOc1ccc([C@H]2C(=C(O)c3ccc4c(c3)C[C@H](C)O4)C(=O)C(=O)N2c2nc3ccc(Cl)cc3s2)cc1OCC. The number of aliphatic hydroxyl groups is 1. The van der Waals surface area contributed by atoms with Gasteiger partial charge >= 0.3 is 5.91 Å². The molecule has 0 aliphatic carbocycles. The molecule has 0 spiro atoms. The van der Waals surface area contributed by atoms with Gasteiger partial charge in [-0.1, -0.05) is 35.9 Å². The van der Waals surface area contributed by atoms with Gasteiger partial charge in [-0.2, -0.15) is 0 Å². The Balaban J connectivity index is 1.53. The Kier molecular flexibility index (Phi) is 7.55. The predicted molar refractivity (Wildman–Crippen MR) is 163 cm³/mol. The van der Waals surface area contributed by atoms with Crippen LogP contribution in [0.2, 0.25) is 5.02 Å². The number of thiazole rings is 1. The number of aliphatic hydroxyl groups excluding tert-OH is 1. The van der Waals surface area contributed by atoms with E-state index in [4.69, 9.17) is 25.8 Å². The van der Waals surface area contributed by atoms with Crippen LogP contribution >= 0.6 is 22.9 Å². The van der Waals surface area contributed by atoms with E-state index in [1.165, 1.54) is 16.2 Å². The molecular formula is C32H29ClN2O6S. The van der Waals surface area contributed by atoms with Gasteiger partial charge in [0, 0.05) is 17.0 Å².